The Bertz CT molecular complexity index is 1460. The van der Waals surface area contributed by atoms with Crippen molar-refractivity contribution in [1.29, 1.82) is 0 Å². The summed E-state index contributed by atoms with van der Waals surface area (Å²) >= 11 is 16.7. The van der Waals surface area contributed by atoms with Gasteiger partial charge in [0, 0.05) is 18.2 Å². The van der Waals surface area contributed by atoms with Gasteiger partial charge in [-0.2, -0.15) is 18.3 Å². The second-order valence-electron chi connectivity index (χ2n) is 8.76. The van der Waals surface area contributed by atoms with E-state index in [0.717, 1.165) is 9.58 Å². The van der Waals surface area contributed by atoms with Crippen molar-refractivity contribution >= 4 is 46.7 Å². The van der Waals surface area contributed by atoms with Gasteiger partial charge in [-0.05, 0) is 84.4 Å². The van der Waals surface area contributed by atoms with E-state index in [1.807, 2.05) is 0 Å². The number of nitrogens with zero attached hydrogens (tertiary/aromatic N) is 3. The Morgan fingerprint density at radius 2 is 1.82 bits per heavy atom. The van der Waals surface area contributed by atoms with Crippen LogP contribution in [-0.2, 0) is 17.3 Å². The quantitative estimate of drug-likeness (QED) is 0.219. The molecule has 16 heteroatoms. The van der Waals surface area contributed by atoms with Crippen LogP contribution in [0.2, 0.25) is 0 Å². The molecular weight excluding hydrogens is 612 g/mol. The zero-order chi connectivity index (χ0) is 29.0. The summed E-state index contributed by atoms with van der Waals surface area (Å²) in [6, 6.07) is 10.0. The van der Waals surface area contributed by atoms with Gasteiger partial charge in [-0.25, -0.2) is 9.48 Å². The molecule has 0 saturated heterocycles. The molecule has 40 heavy (non-hydrogen) atoms. The molecule has 3 aromatic rings. The molecule has 1 atom stereocenters. The summed E-state index contributed by atoms with van der Waals surface area (Å²) in [5, 5.41) is 3.78. The Kier molecular flexibility index (Phi) is 7.12. The highest BCUT2D eigenvalue weighted by atomic mass is 35.6. The monoisotopic (exact) mass is 627 g/mol. The van der Waals surface area contributed by atoms with Gasteiger partial charge in [-0.1, -0.05) is 12.1 Å². The SMILES string of the molecule is C[C@H](Oc1cccc(-n2nc(C(F)(F)F)c3c2N(C(=O)OC(Cl)(Cl)Cl)CCC3)c1)c1ccc2c(c1)OC(F)(F)O2. The lowest BCUT2D eigenvalue weighted by atomic mass is 10.0. The van der Waals surface area contributed by atoms with Crippen LogP contribution in [-0.4, -0.2) is 32.7 Å². The van der Waals surface area contributed by atoms with Crippen molar-refractivity contribution in [2.45, 2.75) is 42.3 Å². The second kappa shape index (κ2) is 10.0. The molecule has 0 unspecified atom stereocenters. The van der Waals surface area contributed by atoms with Crippen LogP contribution in [0.1, 0.15) is 36.3 Å². The molecule has 0 aliphatic carbocycles. The number of hydrogen-bond donors (Lipinski definition) is 0. The van der Waals surface area contributed by atoms with Gasteiger partial charge in [-0.15, -0.1) is 8.78 Å². The Hall–Kier alpha value is -3.16. The van der Waals surface area contributed by atoms with E-state index in [1.54, 1.807) is 6.92 Å². The lowest BCUT2D eigenvalue weighted by molar-refractivity contribution is -0.286. The first-order valence-corrected chi connectivity index (χ1v) is 12.7. The fraction of sp³-hybridized carbons (Fsp3) is 0.333. The van der Waals surface area contributed by atoms with Crippen LogP contribution in [0.3, 0.4) is 0 Å². The van der Waals surface area contributed by atoms with E-state index in [9.17, 15) is 26.7 Å². The highest BCUT2D eigenvalue weighted by molar-refractivity contribution is 6.66. The van der Waals surface area contributed by atoms with Crippen molar-refractivity contribution in [3.8, 4) is 22.9 Å². The molecule has 0 spiro atoms. The van der Waals surface area contributed by atoms with Crippen LogP contribution in [0.25, 0.3) is 5.69 Å². The van der Waals surface area contributed by atoms with Crippen LogP contribution in [0.4, 0.5) is 32.6 Å². The molecule has 1 amide bonds. The summed E-state index contributed by atoms with van der Waals surface area (Å²) in [6.07, 6.45) is -10.3. The number of fused-ring (bicyclic) bond motifs is 2. The number of halogens is 8. The molecule has 214 valence electrons. The predicted octanol–water partition coefficient (Wildman–Crippen LogP) is 7.57. The van der Waals surface area contributed by atoms with Gasteiger partial charge < -0.3 is 18.9 Å². The zero-order valence-corrected chi connectivity index (χ0v) is 22.4. The summed E-state index contributed by atoms with van der Waals surface area (Å²) in [5.41, 5.74) is -0.820. The van der Waals surface area contributed by atoms with Crippen LogP contribution in [0.15, 0.2) is 42.5 Å². The number of carbonyl (C=O) groups is 1. The van der Waals surface area contributed by atoms with Crippen LogP contribution >= 0.6 is 34.8 Å². The molecule has 1 aromatic heterocycles. The maximum atomic E-state index is 13.9. The van der Waals surface area contributed by atoms with Crippen molar-refractivity contribution in [3.63, 3.8) is 0 Å². The number of aromatic nitrogens is 2. The van der Waals surface area contributed by atoms with E-state index in [2.05, 4.69) is 14.6 Å². The maximum Gasteiger partial charge on any atom is 0.586 e. The third-order valence-electron chi connectivity index (χ3n) is 5.98. The molecule has 2 aromatic carbocycles. The van der Waals surface area contributed by atoms with Gasteiger partial charge in [0.05, 0.1) is 5.69 Å². The Morgan fingerprint density at radius 3 is 2.52 bits per heavy atom. The summed E-state index contributed by atoms with van der Waals surface area (Å²) < 4.78 is 86.6. The average molecular weight is 629 g/mol. The number of amides is 1. The van der Waals surface area contributed by atoms with Gasteiger partial charge >= 0.3 is 22.5 Å². The largest absolute Gasteiger partial charge is 0.586 e. The molecule has 2 aliphatic heterocycles. The third-order valence-corrected chi connectivity index (χ3v) is 6.21. The fourth-order valence-electron chi connectivity index (χ4n) is 4.39. The molecule has 8 nitrogen and oxygen atoms in total. The summed E-state index contributed by atoms with van der Waals surface area (Å²) in [4.78, 5) is 13.7. The Labute approximate surface area is 238 Å². The maximum absolute atomic E-state index is 13.9. The summed E-state index contributed by atoms with van der Waals surface area (Å²) in [7, 11) is 0. The first-order chi connectivity index (χ1) is 18.6. The minimum absolute atomic E-state index is 0.0158. The Morgan fingerprint density at radius 1 is 1.10 bits per heavy atom. The van der Waals surface area contributed by atoms with E-state index in [-0.39, 0.29) is 53.7 Å². The standard InChI is InChI=1S/C24H17Cl3F5N3O5/c1-12(13-7-8-17-18(10-13)39-24(31,32)38-17)37-15-5-2-4-14(11-15)35-20-16(19(33-35)22(28,29)30)6-3-9-34(20)21(36)40-23(25,26)27/h2,4-5,7-8,10-12H,3,6,9H2,1H3/t12-/m0/s1. The fourth-order valence-corrected chi connectivity index (χ4v) is 4.59. The smallest absolute Gasteiger partial charge is 0.486 e. The Balaban J connectivity index is 1.48. The number of benzene rings is 2. The number of ether oxygens (including phenoxy) is 4. The average Bonchev–Trinajstić information content (AvgIpc) is 3.38. The van der Waals surface area contributed by atoms with Gasteiger partial charge in [0.25, 0.3) is 0 Å². The second-order valence-corrected chi connectivity index (χ2v) is 10.9. The first kappa shape index (κ1) is 28.4. The van der Waals surface area contributed by atoms with Crippen molar-refractivity contribution in [1.82, 2.24) is 9.78 Å². The molecule has 0 fully saturated rings. The van der Waals surface area contributed by atoms with Crippen LogP contribution in [0, 0.1) is 0 Å². The van der Waals surface area contributed by atoms with Crippen LogP contribution in [0.5, 0.6) is 17.2 Å². The summed E-state index contributed by atoms with van der Waals surface area (Å²) in [6.45, 7) is 1.61. The topological polar surface area (TPSA) is 75.1 Å². The number of carbonyl (C=O) groups excluding carboxylic acids is 1. The van der Waals surface area contributed by atoms with E-state index in [1.165, 1.54) is 42.5 Å². The number of alkyl halides is 8. The van der Waals surface area contributed by atoms with Gasteiger partial charge in [0.1, 0.15) is 17.7 Å². The molecule has 0 radical (unpaired) electrons. The zero-order valence-electron chi connectivity index (χ0n) is 20.1. The van der Waals surface area contributed by atoms with E-state index in [0.29, 0.717) is 5.56 Å². The van der Waals surface area contributed by atoms with Crippen molar-refractivity contribution < 1.29 is 45.7 Å². The number of rotatable bonds is 4. The van der Waals surface area contributed by atoms with E-state index in [4.69, 9.17) is 44.3 Å². The summed E-state index contributed by atoms with van der Waals surface area (Å²) in [5.74, 6) is -0.294. The molecule has 0 N–H and O–H groups in total. The van der Waals surface area contributed by atoms with Crippen molar-refractivity contribution in [2.24, 2.45) is 0 Å². The minimum Gasteiger partial charge on any atom is -0.486 e. The molecule has 3 heterocycles. The minimum atomic E-state index is -4.82. The van der Waals surface area contributed by atoms with Gasteiger partial charge in [0.2, 0.25) is 0 Å². The predicted molar refractivity (Wildman–Crippen MR) is 133 cm³/mol. The van der Waals surface area contributed by atoms with Gasteiger partial charge in [0.15, 0.2) is 17.2 Å². The number of hydrogen-bond acceptors (Lipinski definition) is 6. The van der Waals surface area contributed by atoms with Crippen LogP contribution < -0.4 is 19.1 Å². The highest BCUT2D eigenvalue weighted by Gasteiger charge is 2.44. The first-order valence-electron chi connectivity index (χ1n) is 11.5. The molecule has 0 saturated carbocycles. The van der Waals surface area contributed by atoms with E-state index < -0.39 is 34.3 Å². The molecule has 0 bridgehead atoms. The van der Waals surface area contributed by atoms with E-state index >= 15 is 0 Å². The van der Waals surface area contributed by atoms with Crippen molar-refractivity contribution in [3.05, 3.63) is 59.3 Å². The lowest BCUT2D eigenvalue weighted by Crippen LogP contribution is -2.39. The number of anilines is 1. The molecule has 5 rings (SSSR count). The van der Waals surface area contributed by atoms with Crippen molar-refractivity contribution in [2.75, 3.05) is 11.4 Å². The van der Waals surface area contributed by atoms with Gasteiger partial charge in [-0.3, -0.25) is 4.90 Å². The highest BCUT2D eigenvalue weighted by Crippen LogP contribution is 2.43. The lowest BCUT2D eigenvalue weighted by Gasteiger charge is -2.29. The molecule has 2 aliphatic rings. The third kappa shape index (κ3) is 5.81. The normalized spacial score (nSPS) is 16.9. The molecular formula is C24H17Cl3F5N3O5.